The van der Waals surface area contributed by atoms with Crippen LogP contribution in [-0.2, 0) is 4.79 Å². The van der Waals surface area contributed by atoms with E-state index in [9.17, 15) is 4.79 Å². The molecule has 82 valence electrons. The molecule has 0 aromatic rings. The van der Waals surface area contributed by atoms with Gasteiger partial charge in [-0.05, 0) is 32.6 Å². The smallest absolute Gasteiger partial charge is 0.242 e. The Kier molecular flexibility index (Phi) is 3.53. The average molecular weight is 198 g/mol. The highest BCUT2D eigenvalue weighted by Gasteiger charge is 2.32. The standard InChI is InChI=1S/C11H22N2O/c1-4-5-9-6-7-13(8-9)10(14)11(2,3)12/h9H,4-8,12H2,1-3H3. The van der Waals surface area contributed by atoms with Gasteiger partial charge >= 0.3 is 0 Å². The van der Waals surface area contributed by atoms with Gasteiger partial charge in [0.15, 0.2) is 0 Å². The fourth-order valence-corrected chi connectivity index (χ4v) is 2.07. The van der Waals surface area contributed by atoms with Crippen molar-refractivity contribution in [2.45, 2.75) is 45.6 Å². The third-order valence-corrected chi connectivity index (χ3v) is 2.82. The molecule has 3 nitrogen and oxygen atoms in total. The molecular formula is C11H22N2O. The Hall–Kier alpha value is -0.570. The minimum Gasteiger partial charge on any atom is -0.341 e. The van der Waals surface area contributed by atoms with Crippen LogP contribution in [0.15, 0.2) is 0 Å². The monoisotopic (exact) mass is 198 g/mol. The number of hydrogen-bond acceptors (Lipinski definition) is 2. The van der Waals surface area contributed by atoms with Crippen molar-refractivity contribution >= 4 is 5.91 Å². The van der Waals surface area contributed by atoms with Crippen molar-refractivity contribution in [3.63, 3.8) is 0 Å². The Morgan fingerprint density at radius 2 is 2.21 bits per heavy atom. The zero-order valence-electron chi connectivity index (χ0n) is 9.55. The van der Waals surface area contributed by atoms with E-state index in [1.807, 2.05) is 4.90 Å². The van der Waals surface area contributed by atoms with Gasteiger partial charge in [-0.15, -0.1) is 0 Å². The van der Waals surface area contributed by atoms with Crippen LogP contribution in [0.2, 0.25) is 0 Å². The molecule has 0 saturated carbocycles. The van der Waals surface area contributed by atoms with Gasteiger partial charge < -0.3 is 10.6 Å². The molecule has 3 heteroatoms. The largest absolute Gasteiger partial charge is 0.341 e. The number of carbonyl (C=O) groups excluding carboxylic acids is 1. The van der Waals surface area contributed by atoms with E-state index >= 15 is 0 Å². The maximum absolute atomic E-state index is 11.8. The van der Waals surface area contributed by atoms with Crippen molar-refractivity contribution in [2.24, 2.45) is 11.7 Å². The first-order valence-corrected chi connectivity index (χ1v) is 5.53. The number of likely N-dealkylation sites (tertiary alicyclic amines) is 1. The highest BCUT2D eigenvalue weighted by Crippen LogP contribution is 2.22. The van der Waals surface area contributed by atoms with Gasteiger partial charge in [-0.3, -0.25) is 4.79 Å². The molecule has 1 aliphatic heterocycles. The van der Waals surface area contributed by atoms with Gasteiger partial charge in [-0.1, -0.05) is 13.3 Å². The van der Waals surface area contributed by atoms with E-state index < -0.39 is 5.54 Å². The maximum Gasteiger partial charge on any atom is 0.242 e. The molecule has 0 bridgehead atoms. The van der Waals surface area contributed by atoms with Gasteiger partial charge in [-0.25, -0.2) is 0 Å². The molecule has 1 unspecified atom stereocenters. The second-order valence-corrected chi connectivity index (χ2v) is 4.92. The molecule has 1 aliphatic rings. The van der Waals surface area contributed by atoms with Gasteiger partial charge in [0.2, 0.25) is 5.91 Å². The molecular weight excluding hydrogens is 176 g/mol. The third kappa shape index (κ3) is 2.71. The zero-order valence-corrected chi connectivity index (χ0v) is 9.55. The van der Waals surface area contributed by atoms with Gasteiger partial charge in [0.1, 0.15) is 0 Å². The summed E-state index contributed by atoms with van der Waals surface area (Å²) in [5.41, 5.74) is 5.08. The van der Waals surface area contributed by atoms with E-state index in [2.05, 4.69) is 6.92 Å². The minimum atomic E-state index is -0.707. The first kappa shape index (κ1) is 11.5. The Balaban J connectivity index is 2.46. The molecule has 14 heavy (non-hydrogen) atoms. The van der Waals surface area contributed by atoms with E-state index in [1.165, 1.54) is 12.8 Å². The van der Waals surface area contributed by atoms with Crippen LogP contribution in [0.4, 0.5) is 0 Å². The summed E-state index contributed by atoms with van der Waals surface area (Å²) < 4.78 is 0. The van der Waals surface area contributed by atoms with Crippen molar-refractivity contribution in [3.8, 4) is 0 Å². The molecule has 0 radical (unpaired) electrons. The maximum atomic E-state index is 11.8. The summed E-state index contributed by atoms with van der Waals surface area (Å²) in [5.74, 6) is 0.794. The fourth-order valence-electron chi connectivity index (χ4n) is 2.07. The first-order chi connectivity index (χ1) is 6.45. The molecule has 1 rings (SSSR count). The molecule has 0 aromatic carbocycles. The van der Waals surface area contributed by atoms with Crippen molar-refractivity contribution in [3.05, 3.63) is 0 Å². The highest BCUT2D eigenvalue weighted by atomic mass is 16.2. The lowest BCUT2D eigenvalue weighted by Crippen LogP contribution is -2.50. The minimum absolute atomic E-state index is 0.0936. The van der Waals surface area contributed by atoms with E-state index in [1.54, 1.807) is 13.8 Å². The quantitative estimate of drug-likeness (QED) is 0.744. The van der Waals surface area contributed by atoms with Gasteiger partial charge in [0.05, 0.1) is 5.54 Å². The second kappa shape index (κ2) is 4.30. The molecule has 1 saturated heterocycles. The third-order valence-electron chi connectivity index (χ3n) is 2.82. The van der Waals surface area contributed by atoms with Crippen molar-refractivity contribution in [2.75, 3.05) is 13.1 Å². The summed E-state index contributed by atoms with van der Waals surface area (Å²) in [5, 5.41) is 0. The van der Waals surface area contributed by atoms with Crippen LogP contribution in [0.5, 0.6) is 0 Å². The number of carbonyl (C=O) groups is 1. The molecule has 2 N–H and O–H groups in total. The molecule has 1 fully saturated rings. The molecule has 0 aromatic heterocycles. The van der Waals surface area contributed by atoms with Crippen LogP contribution in [-0.4, -0.2) is 29.4 Å². The number of amides is 1. The van der Waals surface area contributed by atoms with Crippen LogP contribution in [0.25, 0.3) is 0 Å². The predicted molar refractivity (Wildman–Crippen MR) is 57.9 cm³/mol. The van der Waals surface area contributed by atoms with E-state index in [0.29, 0.717) is 5.92 Å². The number of hydrogen-bond donors (Lipinski definition) is 1. The van der Waals surface area contributed by atoms with Crippen molar-refractivity contribution < 1.29 is 4.79 Å². The SMILES string of the molecule is CCCC1CCN(C(=O)C(C)(C)N)C1. The highest BCUT2D eigenvalue weighted by molar-refractivity contribution is 5.85. The Morgan fingerprint density at radius 3 is 2.71 bits per heavy atom. The van der Waals surface area contributed by atoms with Crippen molar-refractivity contribution in [1.82, 2.24) is 4.90 Å². The average Bonchev–Trinajstić information content (AvgIpc) is 2.50. The van der Waals surface area contributed by atoms with E-state index in [0.717, 1.165) is 19.5 Å². The Morgan fingerprint density at radius 1 is 1.57 bits per heavy atom. The summed E-state index contributed by atoms with van der Waals surface area (Å²) in [7, 11) is 0. The molecule has 1 atom stereocenters. The molecule has 1 amide bonds. The van der Waals surface area contributed by atoms with E-state index in [-0.39, 0.29) is 5.91 Å². The number of nitrogens with two attached hydrogens (primary N) is 1. The predicted octanol–water partition coefficient (Wildman–Crippen LogP) is 1.37. The van der Waals surface area contributed by atoms with Crippen LogP contribution in [0.3, 0.4) is 0 Å². The summed E-state index contributed by atoms with van der Waals surface area (Å²) in [6.07, 6.45) is 3.59. The lowest BCUT2D eigenvalue weighted by atomic mass is 10.0. The summed E-state index contributed by atoms with van der Waals surface area (Å²) in [6.45, 7) is 7.56. The lowest BCUT2D eigenvalue weighted by Gasteiger charge is -2.25. The molecule has 0 spiro atoms. The molecule has 1 heterocycles. The summed E-state index contributed by atoms with van der Waals surface area (Å²) in [6, 6.07) is 0. The second-order valence-electron chi connectivity index (χ2n) is 4.92. The molecule has 0 aliphatic carbocycles. The lowest BCUT2D eigenvalue weighted by molar-refractivity contribution is -0.134. The van der Waals surface area contributed by atoms with Crippen LogP contribution in [0, 0.1) is 5.92 Å². The van der Waals surface area contributed by atoms with Gasteiger partial charge in [-0.2, -0.15) is 0 Å². The topological polar surface area (TPSA) is 46.3 Å². The summed E-state index contributed by atoms with van der Waals surface area (Å²) in [4.78, 5) is 13.7. The van der Waals surface area contributed by atoms with Gasteiger partial charge in [0.25, 0.3) is 0 Å². The normalized spacial score (nSPS) is 22.9. The number of nitrogens with zero attached hydrogens (tertiary/aromatic N) is 1. The van der Waals surface area contributed by atoms with Crippen molar-refractivity contribution in [1.29, 1.82) is 0 Å². The number of rotatable bonds is 3. The van der Waals surface area contributed by atoms with Crippen LogP contribution in [0.1, 0.15) is 40.0 Å². The first-order valence-electron chi connectivity index (χ1n) is 5.53. The Labute approximate surface area is 86.6 Å². The van der Waals surface area contributed by atoms with Gasteiger partial charge in [0, 0.05) is 13.1 Å². The van der Waals surface area contributed by atoms with Crippen LogP contribution >= 0.6 is 0 Å². The van der Waals surface area contributed by atoms with E-state index in [4.69, 9.17) is 5.73 Å². The van der Waals surface area contributed by atoms with Crippen LogP contribution < -0.4 is 5.73 Å². The summed E-state index contributed by atoms with van der Waals surface area (Å²) >= 11 is 0. The Bertz CT molecular complexity index is 208. The zero-order chi connectivity index (χ0) is 10.8. The fraction of sp³-hybridized carbons (Fsp3) is 0.909.